The standard InChI is InChI=1S/C49H88N8O12/c1-4-5-6-7-8-9-10-11-12-13-14-15-16-17-18-22-43(59)53-24-26-66-28-31-69-37-45(61)54-25-27-67-29-30-68-36-44(60)52-23-20-19-21-39(47(64)55-35-46(62)63)32-42(58)49(2,3)57-48(65)41(50)33-40-34-51-38-56-40/h34,38-39,41H,4-33,35-37,50H2,1-3H3,(H,51,56)(H,52,60)(H,53,59)(H,54,61)(H,55,64)(H,57,65)(H,62,63)/t39-,41+/m1/s1. The van der Waals surface area contributed by atoms with Gasteiger partial charge in [0.05, 0.1) is 57.5 Å². The molecule has 0 aliphatic heterocycles. The number of H-pyrrole nitrogens is 1. The molecule has 0 bridgehead atoms. The van der Waals surface area contributed by atoms with Crippen LogP contribution in [0.4, 0.5) is 0 Å². The van der Waals surface area contributed by atoms with Crippen molar-refractivity contribution in [2.45, 2.75) is 167 Å². The fraction of sp³-hybridized carbons (Fsp3) is 0.796. The van der Waals surface area contributed by atoms with Crippen LogP contribution in [-0.2, 0) is 58.9 Å². The number of ketones is 1. The number of carboxylic acid groups (broad SMARTS) is 1. The molecule has 0 aliphatic rings. The maximum Gasteiger partial charge on any atom is 0.322 e. The summed E-state index contributed by atoms with van der Waals surface area (Å²) in [6.07, 6.45) is 24.0. The molecule has 2 atom stereocenters. The van der Waals surface area contributed by atoms with Gasteiger partial charge in [0, 0.05) is 56.7 Å². The molecule has 0 aliphatic carbocycles. The van der Waals surface area contributed by atoms with Crippen molar-refractivity contribution >= 4 is 41.3 Å². The Balaban J connectivity index is 2.03. The molecule has 0 saturated carbocycles. The first-order chi connectivity index (χ1) is 33.2. The number of rotatable bonds is 47. The minimum Gasteiger partial charge on any atom is -0.480 e. The first kappa shape index (κ1) is 62.5. The Labute approximate surface area is 410 Å². The van der Waals surface area contributed by atoms with Crippen LogP contribution in [0.5, 0.6) is 0 Å². The van der Waals surface area contributed by atoms with Crippen LogP contribution in [0, 0.1) is 5.92 Å². The number of ether oxygens (including phenoxy) is 4. The highest BCUT2D eigenvalue weighted by molar-refractivity contribution is 5.96. The Morgan fingerprint density at radius 3 is 1.67 bits per heavy atom. The third-order valence-electron chi connectivity index (χ3n) is 11.3. The van der Waals surface area contributed by atoms with Crippen LogP contribution in [0.15, 0.2) is 12.5 Å². The van der Waals surface area contributed by atoms with Crippen LogP contribution < -0.4 is 32.3 Å². The number of nitrogens with two attached hydrogens (primary N) is 1. The first-order valence-corrected chi connectivity index (χ1v) is 25.4. The van der Waals surface area contributed by atoms with Crippen LogP contribution in [0.1, 0.15) is 155 Å². The van der Waals surface area contributed by atoms with Crippen molar-refractivity contribution in [2.75, 3.05) is 79.0 Å². The lowest BCUT2D eigenvalue weighted by molar-refractivity contribution is -0.139. The Kier molecular flexibility index (Phi) is 37.4. The number of carbonyl (C=O) groups excluding carboxylic acids is 6. The molecule has 9 N–H and O–H groups in total. The molecule has 0 aromatic carbocycles. The number of imidazole rings is 1. The predicted octanol–water partition coefficient (Wildman–Crippen LogP) is 3.80. The number of hydrogen-bond donors (Lipinski definition) is 8. The third kappa shape index (κ3) is 36.2. The van der Waals surface area contributed by atoms with E-state index in [1.165, 1.54) is 104 Å². The van der Waals surface area contributed by atoms with Gasteiger partial charge < -0.3 is 61.4 Å². The highest BCUT2D eigenvalue weighted by Gasteiger charge is 2.34. The smallest absolute Gasteiger partial charge is 0.322 e. The molecule has 0 radical (unpaired) electrons. The highest BCUT2D eigenvalue weighted by atomic mass is 16.5. The van der Waals surface area contributed by atoms with Crippen LogP contribution in [0.3, 0.4) is 0 Å². The lowest BCUT2D eigenvalue weighted by atomic mass is 9.87. The molecule has 0 spiro atoms. The molecule has 0 fully saturated rings. The number of aromatic amines is 1. The summed E-state index contributed by atoms with van der Waals surface area (Å²) in [7, 11) is 0. The number of Topliss-reactive ketones (excluding diaryl/α,β-unsaturated/α-hetero) is 1. The lowest BCUT2D eigenvalue weighted by Gasteiger charge is -2.28. The number of amides is 5. The Morgan fingerprint density at radius 1 is 0.638 bits per heavy atom. The molecule has 0 saturated heterocycles. The van der Waals surface area contributed by atoms with Crippen LogP contribution >= 0.6 is 0 Å². The first-order valence-electron chi connectivity index (χ1n) is 25.4. The van der Waals surface area contributed by atoms with Crippen LogP contribution in [0.25, 0.3) is 0 Å². The number of nitrogens with zero attached hydrogens (tertiary/aromatic N) is 1. The number of unbranched alkanes of at least 4 members (excludes halogenated alkanes) is 15. The second-order valence-electron chi connectivity index (χ2n) is 18.0. The minimum absolute atomic E-state index is 0.0463. The fourth-order valence-electron chi connectivity index (χ4n) is 7.19. The monoisotopic (exact) mass is 981 g/mol. The maximum atomic E-state index is 13.3. The van der Waals surface area contributed by atoms with Gasteiger partial charge in [0.2, 0.25) is 29.5 Å². The molecule has 1 aromatic rings. The number of nitrogens with one attached hydrogen (secondary N) is 6. The summed E-state index contributed by atoms with van der Waals surface area (Å²) in [4.78, 5) is 92.9. The average Bonchev–Trinajstić information content (AvgIpc) is 3.83. The van der Waals surface area contributed by atoms with E-state index in [4.69, 9.17) is 29.8 Å². The Bertz CT molecular complexity index is 1550. The molecule has 1 rings (SSSR count). The summed E-state index contributed by atoms with van der Waals surface area (Å²) in [5.74, 6) is -4.29. The molecule has 396 valence electrons. The van der Waals surface area contributed by atoms with E-state index in [0.29, 0.717) is 44.7 Å². The minimum atomic E-state index is -1.36. The summed E-state index contributed by atoms with van der Waals surface area (Å²) in [6.45, 7) is 6.86. The number of carboxylic acids is 1. The van der Waals surface area contributed by atoms with Gasteiger partial charge in [0.15, 0.2) is 5.78 Å². The van der Waals surface area contributed by atoms with E-state index in [2.05, 4.69) is 43.5 Å². The molecule has 69 heavy (non-hydrogen) atoms. The summed E-state index contributed by atoms with van der Waals surface area (Å²) < 4.78 is 21.6. The van der Waals surface area contributed by atoms with Gasteiger partial charge in [-0.3, -0.25) is 33.6 Å². The number of hydrogen-bond acceptors (Lipinski definition) is 13. The maximum absolute atomic E-state index is 13.3. The van der Waals surface area contributed by atoms with Gasteiger partial charge in [-0.2, -0.15) is 0 Å². The van der Waals surface area contributed by atoms with Gasteiger partial charge in [-0.1, -0.05) is 103 Å². The summed E-state index contributed by atoms with van der Waals surface area (Å²) in [5.41, 5.74) is 5.30. The van der Waals surface area contributed by atoms with E-state index in [0.717, 1.165) is 12.8 Å². The number of aromatic nitrogens is 2. The van der Waals surface area contributed by atoms with E-state index >= 15 is 0 Å². The third-order valence-corrected chi connectivity index (χ3v) is 11.3. The van der Waals surface area contributed by atoms with Gasteiger partial charge in [0.25, 0.3) is 0 Å². The molecular formula is C49H88N8O12. The van der Waals surface area contributed by atoms with E-state index in [1.54, 1.807) is 6.20 Å². The zero-order valence-corrected chi connectivity index (χ0v) is 42.1. The zero-order chi connectivity index (χ0) is 50.8. The normalized spacial score (nSPS) is 12.2. The van der Waals surface area contributed by atoms with Crippen LogP contribution in [0.2, 0.25) is 0 Å². The van der Waals surface area contributed by atoms with Crippen molar-refractivity contribution < 1.29 is 57.6 Å². The SMILES string of the molecule is CCCCCCCCCCCCCCCCCC(=O)NCCOCCOCC(=O)NCCOCCOCC(=O)NCCCC[C@H](CC(=O)C(C)(C)NC(=O)[C@@H](N)Cc1cnc[nH]1)C(=O)NCC(=O)O. The van der Waals surface area contributed by atoms with Crippen LogP contribution in [-0.4, -0.2) is 147 Å². The second-order valence-corrected chi connectivity index (χ2v) is 18.0. The van der Waals surface area contributed by atoms with Crippen molar-refractivity contribution in [1.82, 2.24) is 36.6 Å². The van der Waals surface area contributed by atoms with Gasteiger partial charge >= 0.3 is 5.97 Å². The molecule has 1 aromatic heterocycles. The molecule has 20 heteroatoms. The number of carbonyl (C=O) groups is 7. The fourth-order valence-corrected chi connectivity index (χ4v) is 7.19. The van der Waals surface area contributed by atoms with Gasteiger partial charge in [-0.25, -0.2) is 4.98 Å². The van der Waals surface area contributed by atoms with Crippen molar-refractivity contribution in [2.24, 2.45) is 11.7 Å². The van der Waals surface area contributed by atoms with Crippen molar-refractivity contribution in [3.63, 3.8) is 0 Å². The molecule has 0 unspecified atom stereocenters. The van der Waals surface area contributed by atoms with E-state index in [-0.39, 0.29) is 89.7 Å². The van der Waals surface area contributed by atoms with Crippen molar-refractivity contribution in [1.29, 1.82) is 0 Å². The van der Waals surface area contributed by atoms with Gasteiger partial charge in [-0.15, -0.1) is 0 Å². The topological polar surface area (TPSA) is 291 Å². The molecular weight excluding hydrogens is 893 g/mol. The lowest BCUT2D eigenvalue weighted by Crippen LogP contribution is -2.55. The van der Waals surface area contributed by atoms with E-state index < -0.39 is 47.6 Å². The average molecular weight is 981 g/mol. The number of aliphatic carboxylic acids is 1. The quantitative estimate of drug-likeness (QED) is 0.0432. The summed E-state index contributed by atoms with van der Waals surface area (Å²) in [6, 6.07) is -0.949. The summed E-state index contributed by atoms with van der Waals surface area (Å²) in [5, 5.41) is 22.3. The largest absolute Gasteiger partial charge is 0.480 e. The zero-order valence-electron chi connectivity index (χ0n) is 42.1. The Morgan fingerprint density at radius 2 is 1.14 bits per heavy atom. The molecule has 1 heterocycles. The Hall–Kier alpha value is -4.50. The summed E-state index contributed by atoms with van der Waals surface area (Å²) >= 11 is 0. The molecule has 5 amide bonds. The predicted molar refractivity (Wildman–Crippen MR) is 262 cm³/mol. The van der Waals surface area contributed by atoms with Crippen molar-refractivity contribution in [3.05, 3.63) is 18.2 Å². The second kappa shape index (κ2) is 41.3. The molecule has 20 nitrogen and oxygen atoms in total. The van der Waals surface area contributed by atoms with Gasteiger partial charge in [0.1, 0.15) is 19.8 Å². The van der Waals surface area contributed by atoms with E-state index in [1.807, 2.05) is 0 Å². The highest BCUT2D eigenvalue weighted by Crippen LogP contribution is 2.19. The van der Waals surface area contributed by atoms with Gasteiger partial charge in [-0.05, 0) is 33.1 Å². The van der Waals surface area contributed by atoms with Crippen molar-refractivity contribution in [3.8, 4) is 0 Å². The van der Waals surface area contributed by atoms with E-state index in [9.17, 15) is 33.6 Å².